The van der Waals surface area contributed by atoms with Gasteiger partial charge in [-0.15, -0.1) is 0 Å². The topological polar surface area (TPSA) is 63.7 Å². The van der Waals surface area contributed by atoms with Crippen molar-refractivity contribution in [2.45, 2.75) is 18.4 Å². The van der Waals surface area contributed by atoms with Crippen LogP contribution in [0.5, 0.6) is 5.75 Å². The van der Waals surface area contributed by atoms with Gasteiger partial charge in [0.15, 0.2) is 0 Å². The Hall–Kier alpha value is -3.43. The molecular weight excluding hydrogens is 471 g/mol. The van der Waals surface area contributed by atoms with E-state index >= 15 is 0 Å². The fourth-order valence-corrected chi connectivity index (χ4v) is 4.60. The Bertz CT molecular complexity index is 1280. The van der Waals surface area contributed by atoms with Crippen molar-refractivity contribution in [3.05, 3.63) is 77.2 Å². The maximum atomic E-state index is 14.7. The number of hydrogen-bond donors (Lipinski definition) is 1. The first-order valence-corrected chi connectivity index (χ1v) is 11.6. The maximum Gasteiger partial charge on any atom is 0.327 e. The van der Waals surface area contributed by atoms with E-state index < -0.39 is 29.0 Å². The van der Waals surface area contributed by atoms with Crippen molar-refractivity contribution in [1.29, 1.82) is 0 Å². The van der Waals surface area contributed by atoms with Crippen LogP contribution in [0.15, 0.2) is 48.7 Å². The first-order chi connectivity index (χ1) is 17.3. The minimum absolute atomic E-state index is 0.162. The number of nitrogens with one attached hydrogen (secondary N) is 1. The number of carbonyl (C=O) groups excluding carboxylic acids is 1. The van der Waals surface area contributed by atoms with Crippen molar-refractivity contribution in [3.8, 4) is 5.75 Å². The molecule has 0 radical (unpaired) electrons. The van der Waals surface area contributed by atoms with Crippen molar-refractivity contribution in [1.82, 2.24) is 15.2 Å². The van der Waals surface area contributed by atoms with E-state index in [1.54, 1.807) is 31.4 Å². The fraction of sp³-hybridized carbons (Fsp3) is 0.333. The van der Waals surface area contributed by atoms with Crippen LogP contribution in [0.25, 0.3) is 17.0 Å². The van der Waals surface area contributed by atoms with E-state index in [-0.39, 0.29) is 5.56 Å². The van der Waals surface area contributed by atoms with E-state index in [9.17, 15) is 18.0 Å². The van der Waals surface area contributed by atoms with Crippen molar-refractivity contribution >= 4 is 22.9 Å². The zero-order valence-corrected chi connectivity index (χ0v) is 20.2. The van der Waals surface area contributed by atoms with E-state index in [0.717, 1.165) is 18.2 Å². The standard InChI is InChI=1S/C27H28F3N3O3/c1-35-20-6-8-25-22(15-20)21(24(30)16-31-25)9-11-32-27(26(34)36-2)10-13-33(17-27)12-3-4-18-14-19(28)5-7-23(18)29/h3-8,14-16,32H,9-13,17H2,1-2H3/b4-3+. The first kappa shape index (κ1) is 25.7. The number of carbonyl (C=O) groups is 1. The lowest BCUT2D eigenvalue weighted by Gasteiger charge is -2.28. The molecule has 1 aromatic heterocycles. The average molecular weight is 500 g/mol. The molecule has 36 heavy (non-hydrogen) atoms. The second-order valence-electron chi connectivity index (χ2n) is 8.77. The Morgan fingerprint density at radius 1 is 1.17 bits per heavy atom. The van der Waals surface area contributed by atoms with E-state index in [1.807, 2.05) is 4.90 Å². The Morgan fingerprint density at radius 3 is 2.78 bits per heavy atom. The number of benzene rings is 2. The second kappa shape index (κ2) is 11.1. The highest BCUT2D eigenvalue weighted by molar-refractivity contribution is 5.84. The molecule has 190 valence electrons. The van der Waals surface area contributed by atoms with Crippen LogP contribution in [-0.2, 0) is 16.0 Å². The number of pyridine rings is 1. The lowest BCUT2D eigenvalue weighted by atomic mass is 9.97. The smallest absolute Gasteiger partial charge is 0.327 e. The summed E-state index contributed by atoms with van der Waals surface area (Å²) in [7, 11) is 2.88. The molecule has 1 fully saturated rings. The Labute approximate surface area is 207 Å². The van der Waals surface area contributed by atoms with E-state index in [4.69, 9.17) is 9.47 Å². The number of likely N-dealkylation sites (tertiary alicyclic amines) is 1. The highest BCUT2D eigenvalue weighted by Gasteiger charge is 2.45. The monoisotopic (exact) mass is 499 g/mol. The van der Waals surface area contributed by atoms with Crippen LogP contribution in [0.1, 0.15) is 17.5 Å². The van der Waals surface area contributed by atoms with E-state index in [2.05, 4.69) is 10.3 Å². The number of ether oxygens (including phenoxy) is 2. The molecule has 1 aliphatic rings. The van der Waals surface area contributed by atoms with Gasteiger partial charge in [0.25, 0.3) is 0 Å². The number of hydrogen-bond acceptors (Lipinski definition) is 6. The third-order valence-corrected chi connectivity index (χ3v) is 6.52. The molecule has 9 heteroatoms. The normalized spacial score (nSPS) is 18.2. The van der Waals surface area contributed by atoms with Gasteiger partial charge in [-0.3, -0.25) is 14.7 Å². The zero-order chi connectivity index (χ0) is 25.7. The van der Waals surface area contributed by atoms with Gasteiger partial charge in [-0.05, 0) is 49.2 Å². The van der Waals surface area contributed by atoms with Gasteiger partial charge in [-0.2, -0.15) is 0 Å². The van der Waals surface area contributed by atoms with Crippen LogP contribution < -0.4 is 10.1 Å². The molecule has 1 aliphatic heterocycles. The highest BCUT2D eigenvalue weighted by atomic mass is 19.1. The molecule has 2 heterocycles. The van der Waals surface area contributed by atoms with Gasteiger partial charge in [0.05, 0.1) is 25.9 Å². The highest BCUT2D eigenvalue weighted by Crippen LogP contribution is 2.26. The molecule has 0 aliphatic carbocycles. The number of nitrogens with zero attached hydrogens (tertiary/aromatic N) is 2. The lowest BCUT2D eigenvalue weighted by Crippen LogP contribution is -2.55. The molecule has 1 atom stereocenters. The Morgan fingerprint density at radius 2 is 2.00 bits per heavy atom. The van der Waals surface area contributed by atoms with Crippen molar-refractivity contribution in [2.75, 3.05) is 40.4 Å². The number of aromatic nitrogens is 1. The van der Waals surface area contributed by atoms with Gasteiger partial charge >= 0.3 is 5.97 Å². The van der Waals surface area contributed by atoms with Crippen LogP contribution in [0.2, 0.25) is 0 Å². The molecule has 6 nitrogen and oxygen atoms in total. The van der Waals surface area contributed by atoms with Crippen LogP contribution >= 0.6 is 0 Å². The predicted molar refractivity (Wildman–Crippen MR) is 131 cm³/mol. The molecule has 0 spiro atoms. The van der Waals surface area contributed by atoms with Crippen molar-refractivity contribution in [2.24, 2.45) is 0 Å². The molecule has 0 bridgehead atoms. The summed E-state index contributed by atoms with van der Waals surface area (Å²) in [6.07, 6.45) is 5.28. The summed E-state index contributed by atoms with van der Waals surface area (Å²) in [5, 5.41) is 3.96. The number of halogens is 3. The second-order valence-corrected chi connectivity index (χ2v) is 8.77. The third kappa shape index (κ3) is 5.52. The molecule has 3 aromatic rings. The summed E-state index contributed by atoms with van der Waals surface area (Å²) < 4.78 is 52.3. The molecule has 1 saturated heterocycles. The molecule has 2 aromatic carbocycles. The number of esters is 1. The fourth-order valence-electron chi connectivity index (χ4n) is 4.60. The quantitative estimate of drug-likeness (QED) is 0.447. The molecule has 0 amide bonds. The van der Waals surface area contributed by atoms with Gasteiger partial charge in [-0.1, -0.05) is 12.2 Å². The van der Waals surface area contributed by atoms with E-state index in [1.165, 1.54) is 19.4 Å². The summed E-state index contributed by atoms with van der Waals surface area (Å²) in [6.45, 7) is 1.74. The van der Waals surface area contributed by atoms with Crippen molar-refractivity contribution in [3.63, 3.8) is 0 Å². The summed E-state index contributed by atoms with van der Waals surface area (Å²) in [6, 6.07) is 8.59. The van der Waals surface area contributed by atoms with E-state index in [0.29, 0.717) is 61.2 Å². The van der Waals surface area contributed by atoms with Crippen LogP contribution in [0.3, 0.4) is 0 Å². The van der Waals surface area contributed by atoms with Crippen LogP contribution in [0.4, 0.5) is 13.2 Å². The zero-order valence-electron chi connectivity index (χ0n) is 20.2. The lowest BCUT2D eigenvalue weighted by molar-refractivity contribution is -0.148. The summed E-state index contributed by atoms with van der Waals surface area (Å²) in [4.78, 5) is 18.9. The van der Waals surface area contributed by atoms with Gasteiger partial charge in [0.1, 0.15) is 28.7 Å². The summed E-state index contributed by atoms with van der Waals surface area (Å²) in [5.41, 5.74) is 0.350. The van der Waals surface area contributed by atoms with Gasteiger partial charge in [0.2, 0.25) is 0 Å². The minimum Gasteiger partial charge on any atom is -0.497 e. The van der Waals surface area contributed by atoms with Gasteiger partial charge in [0, 0.05) is 42.7 Å². The van der Waals surface area contributed by atoms with Crippen LogP contribution in [-0.4, -0.2) is 61.8 Å². The van der Waals surface area contributed by atoms with Crippen molar-refractivity contribution < 1.29 is 27.4 Å². The van der Waals surface area contributed by atoms with Gasteiger partial charge in [-0.25, -0.2) is 13.2 Å². The molecular formula is C27H28F3N3O3. The first-order valence-electron chi connectivity index (χ1n) is 11.6. The Balaban J connectivity index is 1.44. The largest absolute Gasteiger partial charge is 0.497 e. The number of methoxy groups -OCH3 is 2. The van der Waals surface area contributed by atoms with Gasteiger partial charge < -0.3 is 14.8 Å². The third-order valence-electron chi connectivity index (χ3n) is 6.52. The molecule has 1 unspecified atom stereocenters. The average Bonchev–Trinajstić information content (AvgIpc) is 3.30. The molecule has 4 rings (SSSR count). The Kier molecular flexibility index (Phi) is 7.91. The summed E-state index contributed by atoms with van der Waals surface area (Å²) in [5.74, 6) is -1.23. The predicted octanol–water partition coefficient (Wildman–Crippen LogP) is 4.12. The number of fused-ring (bicyclic) bond motifs is 1. The number of rotatable bonds is 9. The minimum atomic E-state index is -0.955. The summed E-state index contributed by atoms with van der Waals surface area (Å²) >= 11 is 0. The molecule has 0 saturated carbocycles. The van der Waals surface area contributed by atoms with Crippen LogP contribution in [0, 0.1) is 17.5 Å². The molecule has 1 N–H and O–H groups in total. The maximum absolute atomic E-state index is 14.7. The SMILES string of the molecule is COC(=O)C1(NCCc2c(F)cnc3ccc(OC)cc23)CCN(C/C=C/c2cc(F)ccc2F)C1.